The van der Waals surface area contributed by atoms with E-state index in [1.165, 1.54) is 11.6 Å². The summed E-state index contributed by atoms with van der Waals surface area (Å²) in [4.78, 5) is 29.4. The Labute approximate surface area is 196 Å². The number of nitrogens with one attached hydrogen (secondary N) is 1. The van der Waals surface area contributed by atoms with Gasteiger partial charge in [-0.25, -0.2) is 0 Å². The number of aromatic amines is 1. The molecule has 2 N–H and O–H groups in total. The van der Waals surface area contributed by atoms with E-state index in [2.05, 4.69) is 22.0 Å². The quantitative estimate of drug-likeness (QED) is 0.571. The summed E-state index contributed by atoms with van der Waals surface area (Å²) >= 11 is 0. The van der Waals surface area contributed by atoms with Crippen LogP contribution in [0.4, 0.5) is 0 Å². The van der Waals surface area contributed by atoms with Crippen molar-refractivity contribution < 1.29 is 9.90 Å². The van der Waals surface area contributed by atoms with Crippen molar-refractivity contribution in [3.63, 3.8) is 0 Å². The van der Waals surface area contributed by atoms with Gasteiger partial charge in [0.25, 0.3) is 0 Å². The van der Waals surface area contributed by atoms with Gasteiger partial charge in [-0.2, -0.15) is 27.0 Å². The first-order chi connectivity index (χ1) is 14.1. The number of H-pyrrole nitrogens is 1. The van der Waals surface area contributed by atoms with E-state index in [1.54, 1.807) is 6.07 Å². The standard InChI is InChI=1S/C24H26N2O3.2H2S/c27-21-10-11-26(16-21)15-20(18-4-2-1-3-5-18)14-22(28)13-17-6-8-23-19(12-17)7-9-24(29)25-23;;/h1-9,12,20-21,27H,10-11,13-16H2,(H,25,29);2*1H2/t20-,21+;;/m1../s1. The number of aliphatic hydroxyl groups is 1. The SMILES string of the molecule is O=C(Cc1ccc2[nH]c(=O)ccc2c1)C[C@H](CN1CC[C@H](O)C1)c1ccccc1.S.S. The van der Waals surface area contributed by atoms with Crippen LogP contribution in [-0.2, 0) is 11.2 Å². The zero-order valence-corrected chi connectivity index (χ0v) is 19.4. The summed E-state index contributed by atoms with van der Waals surface area (Å²) in [5.41, 5.74) is 2.78. The van der Waals surface area contributed by atoms with Gasteiger partial charge in [0.15, 0.2) is 0 Å². The highest BCUT2D eigenvalue weighted by Crippen LogP contribution is 2.24. The van der Waals surface area contributed by atoms with E-state index in [9.17, 15) is 14.7 Å². The smallest absolute Gasteiger partial charge is 0.248 e. The van der Waals surface area contributed by atoms with E-state index in [0.717, 1.165) is 36.0 Å². The van der Waals surface area contributed by atoms with Gasteiger partial charge >= 0.3 is 0 Å². The second-order valence-electron chi connectivity index (χ2n) is 7.97. The fourth-order valence-corrected chi connectivity index (χ4v) is 4.19. The Kier molecular flexibility index (Phi) is 9.37. The van der Waals surface area contributed by atoms with Crippen molar-refractivity contribution in [1.82, 2.24) is 9.88 Å². The van der Waals surface area contributed by atoms with Crippen LogP contribution in [0.5, 0.6) is 0 Å². The summed E-state index contributed by atoms with van der Waals surface area (Å²) in [5.74, 6) is 0.313. The van der Waals surface area contributed by atoms with E-state index >= 15 is 0 Å². The fraction of sp³-hybridized carbons (Fsp3) is 0.333. The Morgan fingerprint density at radius 3 is 2.58 bits per heavy atom. The van der Waals surface area contributed by atoms with Crippen molar-refractivity contribution in [3.05, 3.63) is 82.1 Å². The van der Waals surface area contributed by atoms with Crippen molar-refractivity contribution >= 4 is 43.7 Å². The predicted octanol–water partition coefficient (Wildman–Crippen LogP) is 3.11. The Morgan fingerprint density at radius 1 is 1.10 bits per heavy atom. The first kappa shape index (κ1) is 25.2. The van der Waals surface area contributed by atoms with Crippen molar-refractivity contribution in [3.8, 4) is 0 Å². The van der Waals surface area contributed by atoms with E-state index in [1.807, 2.05) is 36.4 Å². The summed E-state index contributed by atoms with van der Waals surface area (Å²) in [7, 11) is 0. The molecule has 0 aliphatic carbocycles. The second kappa shape index (κ2) is 11.5. The van der Waals surface area contributed by atoms with Crippen molar-refractivity contribution in [1.29, 1.82) is 0 Å². The van der Waals surface area contributed by atoms with Crippen molar-refractivity contribution in [2.45, 2.75) is 31.3 Å². The van der Waals surface area contributed by atoms with Gasteiger partial charge in [-0.1, -0.05) is 36.4 Å². The molecule has 5 nitrogen and oxygen atoms in total. The lowest BCUT2D eigenvalue weighted by Crippen LogP contribution is -2.28. The average Bonchev–Trinajstić information content (AvgIpc) is 3.13. The molecule has 166 valence electrons. The first-order valence-corrected chi connectivity index (χ1v) is 10.2. The zero-order valence-electron chi connectivity index (χ0n) is 17.4. The molecule has 0 unspecified atom stereocenters. The summed E-state index contributed by atoms with van der Waals surface area (Å²) in [6.45, 7) is 2.34. The van der Waals surface area contributed by atoms with Crippen LogP contribution >= 0.6 is 27.0 Å². The number of benzene rings is 2. The maximum absolute atomic E-state index is 12.9. The molecule has 0 bridgehead atoms. The van der Waals surface area contributed by atoms with Gasteiger partial charge in [0, 0.05) is 50.0 Å². The van der Waals surface area contributed by atoms with E-state index in [0.29, 0.717) is 19.4 Å². The van der Waals surface area contributed by atoms with E-state index in [4.69, 9.17) is 0 Å². The van der Waals surface area contributed by atoms with E-state index < -0.39 is 0 Å². The third kappa shape index (κ3) is 6.71. The van der Waals surface area contributed by atoms with Crippen molar-refractivity contribution in [2.24, 2.45) is 0 Å². The van der Waals surface area contributed by atoms with Crippen molar-refractivity contribution in [2.75, 3.05) is 19.6 Å². The highest BCUT2D eigenvalue weighted by Gasteiger charge is 2.25. The molecule has 1 fully saturated rings. The molecule has 4 rings (SSSR count). The van der Waals surface area contributed by atoms with Gasteiger partial charge in [0.05, 0.1) is 6.10 Å². The molecule has 0 saturated carbocycles. The topological polar surface area (TPSA) is 73.4 Å². The molecule has 0 spiro atoms. The number of fused-ring (bicyclic) bond motifs is 1. The zero-order chi connectivity index (χ0) is 20.2. The molecule has 3 aromatic rings. The Morgan fingerprint density at radius 2 is 1.87 bits per heavy atom. The van der Waals surface area contributed by atoms with Gasteiger partial charge in [-0.05, 0) is 41.1 Å². The Hall–Kier alpha value is -2.06. The number of hydrogen-bond donors (Lipinski definition) is 2. The number of pyridine rings is 1. The Bertz CT molecular complexity index is 1060. The molecule has 1 aliphatic heterocycles. The van der Waals surface area contributed by atoms with Crippen LogP contribution in [0.2, 0.25) is 0 Å². The Balaban J connectivity index is 0.00000171. The number of carbonyl (C=O) groups is 1. The number of aromatic nitrogens is 1. The largest absolute Gasteiger partial charge is 0.392 e. The minimum atomic E-state index is -0.258. The lowest BCUT2D eigenvalue weighted by atomic mass is 9.91. The van der Waals surface area contributed by atoms with Crippen LogP contribution < -0.4 is 5.56 Å². The summed E-state index contributed by atoms with van der Waals surface area (Å²) in [5, 5.41) is 10.8. The lowest BCUT2D eigenvalue weighted by Gasteiger charge is -2.23. The minimum absolute atomic E-state index is 0. The van der Waals surface area contributed by atoms with Crippen LogP contribution in [0.25, 0.3) is 10.9 Å². The lowest BCUT2D eigenvalue weighted by molar-refractivity contribution is -0.118. The maximum atomic E-state index is 12.9. The molecule has 2 heterocycles. The van der Waals surface area contributed by atoms with Crippen LogP contribution in [0, 0.1) is 0 Å². The molecular weight excluding hydrogens is 428 g/mol. The van der Waals surface area contributed by atoms with Gasteiger partial charge in [-0.15, -0.1) is 0 Å². The van der Waals surface area contributed by atoms with Gasteiger partial charge in [-0.3, -0.25) is 9.59 Å². The first-order valence-electron chi connectivity index (χ1n) is 10.2. The summed E-state index contributed by atoms with van der Waals surface area (Å²) < 4.78 is 0. The molecule has 0 amide bonds. The highest BCUT2D eigenvalue weighted by atomic mass is 32.1. The maximum Gasteiger partial charge on any atom is 0.248 e. The fourth-order valence-electron chi connectivity index (χ4n) is 4.19. The molecule has 1 aliphatic rings. The monoisotopic (exact) mass is 458 g/mol. The third-order valence-electron chi connectivity index (χ3n) is 5.66. The molecule has 1 aromatic heterocycles. The number of aliphatic hydroxyl groups excluding tert-OH is 1. The number of likely N-dealkylation sites (tertiary alicyclic amines) is 1. The number of rotatable bonds is 7. The summed E-state index contributed by atoms with van der Waals surface area (Å²) in [6, 6.07) is 19.2. The normalized spacial score (nSPS) is 17.0. The average molecular weight is 459 g/mol. The van der Waals surface area contributed by atoms with Gasteiger partial charge in [0.2, 0.25) is 5.56 Å². The minimum Gasteiger partial charge on any atom is -0.392 e. The second-order valence-corrected chi connectivity index (χ2v) is 7.97. The third-order valence-corrected chi connectivity index (χ3v) is 5.66. The van der Waals surface area contributed by atoms with Crippen LogP contribution in [0.1, 0.15) is 29.9 Å². The predicted molar refractivity (Wildman–Crippen MR) is 135 cm³/mol. The molecule has 0 radical (unpaired) electrons. The molecular formula is C24H30N2O3S2. The molecule has 2 aromatic carbocycles. The number of nitrogens with zero attached hydrogens (tertiary/aromatic N) is 1. The van der Waals surface area contributed by atoms with Crippen LogP contribution in [0.3, 0.4) is 0 Å². The number of ketones is 1. The number of Topliss-reactive ketones (excluding diaryl/α,β-unsaturated/α-hetero) is 1. The van der Waals surface area contributed by atoms with Gasteiger partial charge < -0.3 is 15.0 Å². The number of carbonyl (C=O) groups excluding carboxylic acids is 1. The van der Waals surface area contributed by atoms with E-state index in [-0.39, 0.29) is 50.4 Å². The van der Waals surface area contributed by atoms with Crippen LogP contribution in [0.15, 0.2) is 65.5 Å². The molecule has 1 saturated heterocycles. The molecule has 2 atom stereocenters. The van der Waals surface area contributed by atoms with Gasteiger partial charge in [0.1, 0.15) is 5.78 Å². The number of hydrogen-bond acceptors (Lipinski definition) is 4. The van der Waals surface area contributed by atoms with Crippen LogP contribution in [-0.4, -0.2) is 46.5 Å². The molecule has 31 heavy (non-hydrogen) atoms. The summed E-state index contributed by atoms with van der Waals surface area (Å²) in [6.07, 6.45) is 1.39. The number of β-amino-alcohol motifs (C(OH)–C–C–N with tert-alkyl or cyclic N) is 1. The molecule has 7 heteroatoms. The highest BCUT2D eigenvalue weighted by molar-refractivity contribution is 7.59.